The first-order chi connectivity index (χ1) is 18.7. The molecule has 38 heavy (non-hydrogen) atoms. The minimum Gasteiger partial charge on any atom is -0.497 e. The summed E-state index contributed by atoms with van der Waals surface area (Å²) in [5.41, 5.74) is 2.84. The normalized spacial score (nSPS) is 10.9. The van der Waals surface area contributed by atoms with E-state index in [1.807, 2.05) is 42.5 Å². The highest BCUT2D eigenvalue weighted by Crippen LogP contribution is 2.21. The predicted molar refractivity (Wildman–Crippen MR) is 150 cm³/mol. The first-order valence-electron chi connectivity index (χ1n) is 13.3. The average Bonchev–Trinajstić information content (AvgIpc) is 3.31. The maximum atomic E-state index is 12.4. The van der Waals surface area contributed by atoms with Gasteiger partial charge in [-0.1, -0.05) is 30.7 Å². The van der Waals surface area contributed by atoms with Gasteiger partial charge < -0.3 is 24.1 Å². The van der Waals surface area contributed by atoms with Gasteiger partial charge in [-0.3, -0.25) is 4.79 Å². The molecule has 0 saturated heterocycles. The number of aryl methyl sites for hydroxylation is 2. The highest BCUT2D eigenvalue weighted by Gasteiger charge is 2.11. The minimum absolute atomic E-state index is 0.0685. The Labute approximate surface area is 224 Å². The maximum Gasteiger partial charge on any atom is 0.251 e. The zero-order valence-corrected chi connectivity index (χ0v) is 22.3. The quantitative estimate of drug-likeness (QED) is 0.195. The fourth-order valence-electron chi connectivity index (χ4n) is 4.47. The summed E-state index contributed by atoms with van der Waals surface area (Å²) in [4.78, 5) is 17.3. The Morgan fingerprint density at radius 1 is 0.816 bits per heavy atom. The lowest BCUT2D eigenvalue weighted by Gasteiger charge is -2.11. The number of rotatable bonds is 15. The summed E-state index contributed by atoms with van der Waals surface area (Å²) in [6, 6.07) is 23.3. The summed E-state index contributed by atoms with van der Waals surface area (Å²) in [5, 5.41) is 3.01. The van der Waals surface area contributed by atoms with Crippen molar-refractivity contribution in [2.75, 3.05) is 27.4 Å². The lowest BCUT2D eigenvalue weighted by Crippen LogP contribution is -2.24. The average molecular weight is 516 g/mol. The van der Waals surface area contributed by atoms with Gasteiger partial charge in [-0.05, 0) is 68.1 Å². The third kappa shape index (κ3) is 7.51. The molecule has 0 radical (unpaired) electrons. The molecule has 1 aromatic heterocycles. The second kappa shape index (κ2) is 14.1. The zero-order chi connectivity index (χ0) is 26.6. The third-order valence-corrected chi connectivity index (χ3v) is 6.51. The number of carbonyl (C=O) groups excluding carboxylic acids is 1. The molecule has 0 aliphatic carbocycles. The van der Waals surface area contributed by atoms with Crippen LogP contribution in [0.15, 0.2) is 72.8 Å². The van der Waals surface area contributed by atoms with Crippen LogP contribution in [0.25, 0.3) is 11.0 Å². The monoisotopic (exact) mass is 515 g/mol. The number of nitrogens with one attached hydrogen (secondary N) is 1. The molecule has 1 amide bonds. The van der Waals surface area contributed by atoms with E-state index in [4.69, 9.17) is 19.2 Å². The van der Waals surface area contributed by atoms with E-state index in [9.17, 15) is 4.79 Å². The number of ether oxygens (including phenoxy) is 3. The van der Waals surface area contributed by atoms with Crippen LogP contribution in [0.4, 0.5) is 0 Å². The lowest BCUT2D eigenvalue weighted by atomic mass is 10.1. The summed E-state index contributed by atoms with van der Waals surface area (Å²) < 4.78 is 18.7. The Morgan fingerprint density at radius 2 is 1.58 bits per heavy atom. The number of benzene rings is 3. The lowest BCUT2D eigenvalue weighted by molar-refractivity contribution is 0.0952. The van der Waals surface area contributed by atoms with Crippen molar-refractivity contribution >= 4 is 16.9 Å². The van der Waals surface area contributed by atoms with E-state index < -0.39 is 0 Å². The van der Waals surface area contributed by atoms with Crippen LogP contribution in [0, 0.1) is 0 Å². The number of aromatic nitrogens is 2. The summed E-state index contributed by atoms with van der Waals surface area (Å²) in [7, 11) is 3.26. The van der Waals surface area contributed by atoms with E-state index in [1.165, 1.54) is 5.52 Å². The molecule has 0 fully saturated rings. The number of fused-ring (bicyclic) bond motifs is 1. The molecular weight excluding hydrogens is 478 g/mol. The van der Waals surface area contributed by atoms with Crippen molar-refractivity contribution in [1.29, 1.82) is 0 Å². The number of hydrogen-bond acceptors (Lipinski definition) is 5. The summed E-state index contributed by atoms with van der Waals surface area (Å²) >= 11 is 0. The van der Waals surface area contributed by atoms with Crippen LogP contribution in [-0.4, -0.2) is 42.8 Å². The van der Waals surface area contributed by atoms with Crippen molar-refractivity contribution in [3.05, 3.63) is 84.2 Å². The van der Waals surface area contributed by atoms with Crippen LogP contribution in [-0.2, 0) is 13.0 Å². The largest absolute Gasteiger partial charge is 0.497 e. The van der Waals surface area contributed by atoms with Crippen LogP contribution >= 0.6 is 0 Å². The number of hydrogen-bond donors (Lipinski definition) is 1. The van der Waals surface area contributed by atoms with Gasteiger partial charge >= 0.3 is 0 Å². The van der Waals surface area contributed by atoms with E-state index in [2.05, 4.69) is 28.1 Å². The fraction of sp³-hybridized carbons (Fsp3) is 0.355. The molecule has 200 valence electrons. The van der Waals surface area contributed by atoms with E-state index in [0.29, 0.717) is 24.5 Å². The molecule has 1 heterocycles. The standard InChI is InChI=1S/C31H37N3O4/c1-36-25-13-10-12-24(22-25)31(35)32-19-7-3-4-18-30-33-28-16-5-6-17-29(28)34(30)20-8-9-21-38-27-15-11-14-26(23-27)37-2/h5-6,10-17,22-23H,3-4,7-9,18-21H2,1-2H3,(H,32,35). The first kappa shape index (κ1) is 27.0. The number of para-hydroxylation sites is 2. The second-order valence-corrected chi connectivity index (χ2v) is 9.20. The van der Waals surface area contributed by atoms with Gasteiger partial charge in [-0.15, -0.1) is 0 Å². The minimum atomic E-state index is -0.0685. The molecule has 7 heteroatoms. The summed E-state index contributed by atoms with van der Waals surface area (Å²) in [6.07, 6.45) is 5.85. The highest BCUT2D eigenvalue weighted by atomic mass is 16.5. The Morgan fingerprint density at radius 3 is 2.42 bits per heavy atom. The van der Waals surface area contributed by atoms with Gasteiger partial charge in [-0.25, -0.2) is 4.98 Å². The molecule has 7 nitrogen and oxygen atoms in total. The van der Waals surface area contributed by atoms with Crippen LogP contribution in [0.2, 0.25) is 0 Å². The molecule has 0 atom stereocenters. The number of methoxy groups -OCH3 is 2. The van der Waals surface area contributed by atoms with Gasteiger partial charge in [0.2, 0.25) is 0 Å². The van der Waals surface area contributed by atoms with Crippen molar-refractivity contribution in [2.24, 2.45) is 0 Å². The highest BCUT2D eigenvalue weighted by molar-refractivity contribution is 5.94. The summed E-state index contributed by atoms with van der Waals surface area (Å²) in [6.45, 7) is 2.23. The number of imidazole rings is 1. The first-order valence-corrected chi connectivity index (χ1v) is 13.3. The van der Waals surface area contributed by atoms with Crippen LogP contribution in [0.5, 0.6) is 17.2 Å². The molecule has 1 N–H and O–H groups in total. The summed E-state index contributed by atoms with van der Waals surface area (Å²) in [5.74, 6) is 3.38. The van der Waals surface area contributed by atoms with Gasteiger partial charge in [0.25, 0.3) is 5.91 Å². The van der Waals surface area contributed by atoms with Crippen LogP contribution < -0.4 is 19.5 Å². The second-order valence-electron chi connectivity index (χ2n) is 9.20. The van der Waals surface area contributed by atoms with Crippen molar-refractivity contribution in [3.8, 4) is 17.2 Å². The van der Waals surface area contributed by atoms with Gasteiger partial charge in [0.1, 0.15) is 23.1 Å². The molecule has 0 saturated carbocycles. The number of unbranched alkanes of at least 4 members (excludes halogenated alkanes) is 3. The molecule has 0 spiro atoms. The zero-order valence-electron chi connectivity index (χ0n) is 22.3. The predicted octanol–water partition coefficient (Wildman–Crippen LogP) is 6.06. The number of nitrogens with zero attached hydrogens (tertiary/aromatic N) is 2. The van der Waals surface area contributed by atoms with Gasteiger partial charge in [0, 0.05) is 31.1 Å². The molecule has 4 aromatic rings. The third-order valence-electron chi connectivity index (χ3n) is 6.51. The number of amides is 1. The van der Waals surface area contributed by atoms with E-state index >= 15 is 0 Å². The van der Waals surface area contributed by atoms with E-state index in [1.54, 1.807) is 26.4 Å². The molecule has 4 rings (SSSR count). The van der Waals surface area contributed by atoms with Crippen molar-refractivity contribution in [3.63, 3.8) is 0 Å². The Bertz CT molecular complexity index is 1320. The molecule has 0 unspecified atom stereocenters. The van der Waals surface area contributed by atoms with Crippen molar-refractivity contribution in [2.45, 2.75) is 45.1 Å². The molecule has 0 aliphatic heterocycles. The topological polar surface area (TPSA) is 74.6 Å². The smallest absolute Gasteiger partial charge is 0.251 e. The van der Waals surface area contributed by atoms with Crippen molar-refractivity contribution in [1.82, 2.24) is 14.9 Å². The molecule has 0 bridgehead atoms. The van der Waals surface area contributed by atoms with Crippen LogP contribution in [0.1, 0.15) is 48.3 Å². The van der Waals surface area contributed by atoms with Crippen LogP contribution in [0.3, 0.4) is 0 Å². The van der Waals surface area contributed by atoms with Gasteiger partial charge in [0.15, 0.2) is 0 Å². The number of carbonyl (C=O) groups is 1. The molecule has 0 aliphatic rings. The Hall–Kier alpha value is -4.00. The Kier molecular flexibility index (Phi) is 10.0. The molecule has 3 aromatic carbocycles. The van der Waals surface area contributed by atoms with Gasteiger partial charge in [-0.2, -0.15) is 0 Å². The van der Waals surface area contributed by atoms with Crippen molar-refractivity contribution < 1.29 is 19.0 Å². The van der Waals surface area contributed by atoms with E-state index in [-0.39, 0.29) is 5.91 Å². The SMILES string of the molecule is COc1cccc(OCCCCn2c(CCCCCNC(=O)c3cccc(OC)c3)nc3ccccc32)c1. The maximum absolute atomic E-state index is 12.4. The fourth-order valence-corrected chi connectivity index (χ4v) is 4.47. The van der Waals surface area contributed by atoms with Gasteiger partial charge in [0.05, 0.1) is 31.9 Å². The molecular formula is C31H37N3O4. The van der Waals surface area contributed by atoms with E-state index in [0.717, 1.165) is 67.9 Å². The Balaban J connectivity index is 1.21.